The molecule has 0 aliphatic rings. The van der Waals surface area contributed by atoms with Crippen LogP contribution in [-0.4, -0.2) is 32.8 Å². The average molecular weight is 392 g/mol. The number of ether oxygens (including phenoxy) is 2. The second kappa shape index (κ2) is 8.65. The second-order valence-corrected chi connectivity index (χ2v) is 7.10. The van der Waals surface area contributed by atoms with Gasteiger partial charge in [0.05, 0.1) is 6.33 Å². The van der Waals surface area contributed by atoms with E-state index in [9.17, 15) is 4.79 Å². The summed E-state index contributed by atoms with van der Waals surface area (Å²) in [4.78, 5) is 15.2. The van der Waals surface area contributed by atoms with Gasteiger partial charge in [-0.2, -0.15) is 0 Å². The van der Waals surface area contributed by atoms with E-state index in [0.29, 0.717) is 18.1 Å². The molecule has 0 aliphatic heterocycles. The fourth-order valence-electron chi connectivity index (χ4n) is 2.63. The smallest absolute Gasteiger partial charge is 0.347 e. The minimum atomic E-state index is -1.28. The zero-order chi connectivity index (χ0) is 20.9. The highest BCUT2D eigenvalue weighted by Crippen LogP contribution is 2.22. The van der Waals surface area contributed by atoms with Crippen LogP contribution in [0, 0.1) is 0 Å². The van der Waals surface area contributed by atoms with E-state index < -0.39 is 11.6 Å². The maximum atomic E-state index is 11.1. The molecule has 0 amide bonds. The lowest BCUT2D eigenvalue weighted by atomic mass is 10.1. The lowest BCUT2D eigenvalue weighted by Crippen LogP contribution is -2.37. The minimum absolute atomic E-state index is 0.427. The minimum Gasteiger partial charge on any atom is -0.490 e. The first kappa shape index (κ1) is 20.2. The van der Waals surface area contributed by atoms with Crippen LogP contribution in [0.15, 0.2) is 73.3 Å². The van der Waals surface area contributed by atoms with Crippen molar-refractivity contribution in [3.8, 4) is 17.2 Å². The van der Waals surface area contributed by atoms with Gasteiger partial charge in [0.25, 0.3) is 0 Å². The molecule has 6 heteroatoms. The predicted molar refractivity (Wildman–Crippen MR) is 111 cm³/mol. The van der Waals surface area contributed by atoms with Crippen LogP contribution in [0.25, 0.3) is 11.3 Å². The number of carboxylic acid groups (broad SMARTS) is 1. The van der Waals surface area contributed by atoms with Crippen molar-refractivity contribution in [2.75, 3.05) is 6.61 Å². The molecule has 150 valence electrons. The van der Waals surface area contributed by atoms with Crippen molar-refractivity contribution in [3.05, 3.63) is 78.9 Å². The van der Waals surface area contributed by atoms with Crippen molar-refractivity contribution < 1.29 is 19.4 Å². The lowest BCUT2D eigenvalue weighted by molar-refractivity contribution is -0.152. The highest BCUT2D eigenvalue weighted by molar-refractivity contribution is 5.76. The van der Waals surface area contributed by atoms with Crippen LogP contribution < -0.4 is 9.47 Å². The molecule has 3 aromatic rings. The summed E-state index contributed by atoms with van der Waals surface area (Å²) < 4.78 is 13.2. The van der Waals surface area contributed by atoms with E-state index in [1.54, 1.807) is 36.8 Å². The van der Waals surface area contributed by atoms with E-state index in [2.05, 4.69) is 17.1 Å². The SMILES string of the molecule is CC(=CCOc1ccc(OC(C)(C)C(=O)O)cc1)c1ccc(-n2ccnc2)cc1. The molecule has 1 aromatic heterocycles. The summed E-state index contributed by atoms with van der Waals surface area (Å²) in [6.45, 7) is 5.49. The predicted octanol–water partition coefficient (Wildman–Crippen LogP) is 4.60. The summed E-state index contributed by atoms with van der Waals surface area (Å²) in [6, 6.07) is 15.2. The molecule has 0 radical (unpaired) electrons. The number of hydrogen-bond donors (Lipinski definition) is 1. The van der Waals surface area contributed by atoms with Gasteiger partial charge in [0, 0.05) is 18.1 Å². The van der Waals surface area contributed by atoms with Crippen LogP contribution in [0.5, 0.6) is 11.5 Å². The van der Waals surface area contributed by atoms with Gasteiger partial charge in [-0.25, -0.2) is 9.78 Å². The number of aliphatic carboxylic acids is 1. The maximum Gasteiger partial charge on any atom is 0.347 e. The number of imidazole rings is 1. The van der Waals surface area contributed by atoms with E-state index in [-0.39, 0.29) is 0 Å². The Morgan fingerprint density at radius 1 is 1.10 bits per heavy atom. The lowest BCUT2D eigenvalue weighted by Gasteiger charge is -2.21. The van der Waals surface area contributed by atoms with Crippen LogP contribution in [0.2, 0.25) is 0 Å². The number of carboxylic acids is 1. The van der Waals surface area contributed by atoms with Gasteiger partial charge in [-0.3, -0.25) is 0 Å². The molecule has 6 nitrogen and oxygen atoms in total. The molecular formula is C23H24N2O4. The molecule has 3 rings (SSSR count). The number of nitrogens with zero attached hydrogens (tertiary/aromatic N) is 2. The molecule has 29 heavy (non-hydrogen) atoms. The number of aromatic nitrogens is 2. The number of benzene rings is 2. The molecule has 0 saturated heterocycles. The number of rotatable bonds is 8. The molecular weight excluding hydrogens is 368 g/mol. The Hall–Kier alpha value is -3.54. The van der Waals surface area contributed by atoms with E-state index in [0.717, 1.165) is 16.8 Å². The first-order valence-electron chi connectivity index (χ1n) is 9.26. The maximum absolute atomic E-state index is 11.1. The first-order valence-corrected chi connectivity index (χ1v) is 9.26. The van der Waals surface area contributed by atoms with Crippen LogP contribution >= 0.6 is 0 Å². The van der Waals surface area contributed by atoms with E-state index in [4.69, 9.17) is 14.6 Å². The van der Waals surface area contributed by atoms with Gasteiger partial charge in [-0.15, -0.1) is 0 Å². The van der Waals surface area contributed by atoms with Crippen LogP contribution in [-0.2, 0) is 4.79 Å². The molecule has 0 unspecified atom stereocenters. The van der Waals surface area contributed by atoms with Crippen LogP contribution in [0.4, 0.5) is 0 Å². The molecule has 0 saturated carbocycles. The van der Waals surface area contributed by atoms with Gasteiger partial charge in [0.2, 0.25) is 0 Å². The third-order valence-corrected chi connectivity index (χ3v) is 4.48. The number of carbonyl (C=O) groups is 1. The highest BCUT2D eigenvalue weighted by atomic mass is 16.5. The third-order valence-electron chi connectivity index (χ3n) is 4.48. The Kier molecular flexibility index (Phi) is 6.02. The Labute approximate surface area is 170 Å². The van der Waals surface area contributed by atoms with E-state index >= 15 is 0 Å². The zero-order valence-electron chi connectivity index (χ0n) is 16.7. The van der Waals surface area contributed by atoms with Gasteiger partial charge in [0.15, 0.2) is 5.60 Å². The topological polar surface area (TPSA) is 73.6 Å². The molecule has 0 atom stereocenters. The van der Waals surface area contributed by atoms with Gasteiger partial charge in [-0.1, -0.05) is 12.1 Å². The quantitative estimate of drug-likeness (QED) is 0.607. The van der Waals surface area contributed by atoms with Gasteiger partial charge < -0.3 is 19.1 Å². The van der Waals surface area contributed by atoms with Crippen molar-refractivity contribution in [1.29, 1.82) is 0 Å². The number of hydrogen-bond acceptors (Lipinski definition) is 4. The van der Waals surface area contributed by atoms with Crippen LogP contribution in [0.1, 0.15) is 26.3 Å². The van der Waals surface area contributed by atoms with Crippen molar-refractivity contribution in [2.24, 2.45) is 0 Å². The summed E-state index contributed by atoms with van der Waals surface area (Å²) in [5.41, 5.74) is 2.02. The summed E-state index contributed by atoms with van der Waals surface area (Å²) in [5, 5.41) is 9.12. The van der Waals surface area contributed by atoms with Gasteiger partial charge in [0.1, 0.15) is 18.1 Å². The van der Waals surface area contributed by atoms with E-state index in [1.807, 2.05) is 35.9 Å². The largest absolute Gasteiger partial charge is 0.490 e. The monoisotopic (exact) mass is 392 g/mol. The van der Waals surface area contributed by atoms with Crippen molar-refractivity contribution in [2.45, 2.75) is 26.4 Å². The van der Waals surface area contributed by atoms with Crippen molar-refractivity contribution in [1.82, 2.24) is 9.55 Å². The Bertz CT molecular complexity index is 973. The zero-order valence-corrected chi connectivity index (χ0v) is 16.7. The van der Waals surface area contributed by atoms with Gasteiger partial charge >= 0.3 is 5.97 Å². The fraction of sp³-hybridized carbons (Fsp3) is 0.217. The molecule has 0 spiro atoms. The Morgan fingerprint density at radius 3 is 2.34 bits per heavy atom. The molecule has 2 aromatic carbocycles. The van der Waals surface area contributed by atoms with Gasteiger partial charge in [-0.05, 0) is 74.4 Å². The first-order chi connectivity index (χ1) is 13.8. The second-order valence-electron chi connectivity index (χ2n) is 7.10. The molecule has 0 aliphatic carbocycles. The summed E-state index contributed by atoms with van der Waals surface area (Å²) in [5.74, 6) is 0.149. The molecule has 0 bridgehead atoms. The standard InChI is InChI=1S/C23H24N2O4/c1-17(18-4-6-19(7-5-18)25-14-13-24-16-25)12-15-28-20-8-10-21(11-9-20)29-23(2,3)22(26)27/h4-14,16H,15H2,1-3H3,(H,26,27). The Balaban J connectivity index is 1.56. The van der Waals surface area contributed by atoms with Crippen LogP contribution in [0.3, 0.4) is 0 Å². The normalized spacial score (nSPS) is 11.9. The number of allylic oxidation sites excluding steroid dienone is 1. The van der Waals surface area contributed by atoms with Crippen molar-refractivity contribution in [3.63, 3.8) is 0 Å². The molecule has 0 fully saturated rings. The molecule has 1 N–H and O–H groups in total. The van der Waals surface area contributed by atoms with Crippen molar-refractivity contribution >= 4 is 11.5 Å². The summed E-state index contributed by atoms with van der Waals surface area (Å²) in [7, 11) is 0. The summed E-state index contributed by atoms with van der Waals surface area (Å²) >= 11 is 0. The van der Waals surface area contributed by atoms with E-state index in [1.165, 1.54) is 13.8 Å². The summed E-state index contributed by atoms with van der Waals surface area (Å²) in [6.07, 6.45) is 7.45. The Morgan fingerprint density at radius 2 is 1.76 bits per heavy atom. The fourth-order valence-corrected chi connectivity index (χ4v) is 2.63. The molecule has 1 heterocycles. The average Bonchev–Trinajstić information content (AvgIpc) is 3.24. The highest BCUT2D eigenvalue weighted by Gasteiger charge is 2.29. The third kappa shape index (κ3) is 5.25.